The summed E-state index contributed by atoms with van der Waals surface area (Å²) in [7, 11) is 0. The summed E-state index contributed by atoms with van der Waals surface area (Å²) < 4.78 is 13.9. The third kappa shape index (κ3) is 1.54. The van der Waals surface area contributed by atoms with Gasteiger partial charge in [0.1, 0.15) is 5.82 Å². The predicted molar refractivity (Wildman–Crippen MR) is 54.4 cm³/mol. The predicted octanol–water partition coefficient (Wildman–Crippen LogP) is 3.79. The lowest BCUT2D eigenvalue weighted by molar-refractivity contribution is 0.630. The highest BCUT2D eigenvalue weighted by atomic mass is 79.9. The van der Waals surface area contributed by atoms with E-state index in [1.54, 1.807) is 18.3 Å². The van der Waals surface area contributed by atoms with Crippen molar-refractivity contribution in [2.24, 2.45) is 0 Å². The van der Waals surface area contributed by atoms with Crippen LogP contribution in [0.15, 0.2) is 28.9 Å². The molecule has 0 spiro atoms. The number of hydrogen-bond acceptors (Lipinski definition) is 1. The van der Waals surface area contributed by atoms with E-state index in [0.717, 1.165) is 9.86 Å². The molecular formula is C9H4BrClFN. The van der Waals surface area contributed by atoms with E-state index < -0.39 is 5.82 Å². The first-order valence-corrected chi connectivity index (χ1v) is 4.75. The maximum absolute atomic E-state index is 13.0. The molecule has 2 aromatic rings. The number of nitrogens with zero attached hydrogens (tertiary/aromatic N) is 1. The Morgan fingerprint density at radius 2 is 2.15 bits per heavy atom. The summed E-state index contributed by atoms with van der Waals surface area (Å²) in [6.07, 6.45) is 1.61. The first kappa shape index (κ1) is 8.91. The van der Waals surface area contributed by atoms with Crippen molar-refractivity contribution < 1.29 is 4.39 Å². The standard InChI is InChI=1S/C9H4BrClFN/c10-6-1-2-13-9-4-8(12)7(11)3-5(6)9/h1-4H. The molecule has 0 aliphatic rings. The van der Waals surface area contributed by atoms with Crippen LogP contribution in [0.3, 0.4) is 0 Å². The van der Waals surface area contributed by atoms with E-state index in [0.29, 0.717) is 5.52 Å². The molecule has 0 radical (unpaired) electrons. The second-order valence-electron chi connectivity index (χ2n) is 2.58. The minimum atomic E-state index is -0.445. The highest BCUT2D eigenvalue weighted by molar-refractivity contribution is 9.10. The number of halogens is 3. The van der Waals surface area contributed by atoms with Crippen LogP contribution in [0.4, 0.5) is 4.39 Å². The summed E-state index contributed by atoms with van der Waals surface area (Å²) in [6, 6.07) is 4.67. The van der Waals surface area contributed by atoms with E-state index in [1.165, 1.54) is 6.07 Å². The molecule has 66 valence electrons. The smallest absolute Gasteiger partial charge is 0.143 e. The lowest BCUT2D eigenvalue weighted by Gasteiger charge is -2.00. The molecule has 2 rings (SSSR count). The van der Waals surface area contributed by atoms with Gasteiger partial charge in [0.25, 0.3) is 0 Å². The molecule has 13 heavy (non-hydrogen) atoms. The van der Waals surface area contributed by atoms with Crippen LogP contribution in [0.1, 0.15) is 0 Å². The molecule has 1 aromatic heterocycles. The molecule has 0 unspecified atom stereocenters. The molecule has 0 aliphatic heterocycles. The Morgan fingerprint density at radius 3 is 2.92 bits per heavy atom. The van der Waals surface area contributed by atoms with Crippen LogP contribution in [0.5, 0.6) is 0 Å². The van der Waals surface area contributed by atoms with Crippen molar-refractivity contribution in [3.05, 3.63) is 39.7 Å². The molecule has 0 amide bonds. The second kappa shape index (κ2) is 3.24. The number of pyridine rings is 1. The Hall–Kier alpha value is -0.670. The highest BCUT2D eigenvalue weighted by Crippen LogP contribution is 2.26. The van der Waals surface area contributed by atoms with Crippen molar-refractivity contribution in [3.8, 4) is 0 Å². The van der Waals surface area contributed by atoms with Gasteiger partial charge in [0.2, 0.25) is 0 Å². The third-order valence-corrected chi connectivity index (χ3v) is 2.71. The van der Waals surface area contributed by atoms with Crippen molar-refractivity contribution in [2.45, 2.75) is 0 Å². The lowest BCUT2D eigenvalue weighted by atomic mass is 10.2. The van der Waals surface area contributed by atoms with Gasteiger partial charge in [-0.1, -0.05) is 27.5 Å². The molecule has 1 heterocycles. The van der Waals surface area contributed by atoms with Crippen molar-refractivity contribution in [2.75, 3.05) is 0 Å². The molecular weight excluding hydrogens is 256 g/mol. The summed E-state index contributed by atoms with van der Waals surface area (Å²) in [5.74, 6) is -0.445. The van der Waals surface area contributed by atoms with E-state index >= 15 is 0 Å². The van der Waals surface area contributed by atoms with Crippen LogP contribution in [-0.4, -0.2) is 4.98 Å². The Balaban J connectivity index is 2.89. The quantitative estimate of drug-likeness (QED) is 0.702. The second-order valence-corrected chi connectivity index (χ2v) is 3.84. The fraction of sp³-hybridized carbons (Fsp3) is 0. The Morgan fingerprint density at radius 1 is 1.38 bits per heavy atom. The molecule has 1 aromatic carbocycles. The SMILES string of the molecule is Fc1cc2nccc(Br)c2cc1Cl. The Bertz CT molecular complexity index is 472. The Kier molecular flexibility index (Phi) is 2.22. The number of fused-ring (bicyclic) bond motifs is 1. The van der Waals surface area contributed by atoms with Crippen LogP contribution < -0.4 is 0 Å². The first-order valence-electron chi connectivity index (χ1n) is 3.58. The summed E-state index contributed by atoms with van der Waals surface area (Å²) in [4.78, 5) is 4.02. The molecule has 0 aliphatic carbocycles. The van der Waals surface area contributed by atoms with Gasteiger partial charge in [0.15, 0.2) is 0 Å². The van der Waals surface area contributed by atoms with Crippen molar-refractivity contribution in [3.63, 3.8) is 0 Å². The average molecular weight is 260 g/mol. The molecule has 0 fully saturated rings. The highest BCUT2D eigenvalue weighted by Gasteiger charge is 2.04. The fourth-order valence-corrected chi connectivity index (χ4v) is 1.71. The van der Waals surface area contributed by atoms with E-state index in [2.05, 4.69) is 20.9 Å². The summed E-state index contributed by atoms with van der Waals surface area (Å²) in [6.45, 7) is 0. The maximum atomic E-state index is 13.0. The van der Waals surface area contributed by atoms with Gasteiger partial charge >= 0.3 is 0 Å². The molecule has 0 bridgehead atoms. The van der Waals surface area contributed by atoms with Gasteiger partial charge in [-0.15, -0.1) is 0 Å². The maximum Gasteiger partial charge on any atom is 0.143 e. The van der Waals surface area contributed by atoms with E-state index in [1.807, 2.05) is 0 Å². The van der Waals surface area contributed by atoms with Gasteiger partial charge in [-0.05, 0) is 12.1 Å². The normalized spacial score (nSPS) is 10.7. The van der Waals surface area contributed by atoms with E-state index in [9.17, 15) is 4.39 Å². The van der Waals surface area contributed by atoms with Crippen molar-refractivity contribution in [1.29, 1.82) is 0 Å². The summed E-state index contributed by atoms with van der Waals surface area (Å²) >= 11 is 8.97. The summed E-state index contributed by atoms with van der Waals surface area (Å²) in [5.41, 5.74) is 0.594. The zero-order valence-electron chi connectivity index (χ0n) is 6.39. The number of aromatic nitrogens is 1. The molecule has 0 N–H and O–H groups in total. The average Bonchev–Trinajstić information content (AvgIpc) is 2.09. The lowest BCUT2D eigenvalue weighted by Crippen LogP contribution is -1.83. The number of rotatable bonds is 0. The van der Waals surface area contributed by atoms with Crippen LogP contribution in [0, 0.1) is 5.82 Å². The first-order chi connectivity index (χ1) is 6.18. The van der Waals surface area contributed by atoms with Gasteiger partial charge in [0.05, 0.1) is 10.5 Å². The van der Waals surface area contributed by atoms with Gasteiger partial charge in [0, 0.05) is 22.1 Å². The van der Waals surface area contributed by atoms with Crippen LogP contribution in [0.2, 0.25) is 5.02 Å². The zero-order valence-corrected chi connectivity index (χ0v) is 8.73. The Labute approximate surface area is 87.7 Å². The number of hydrogen-bond donors (Lipinski definition) is 0. The van der Waals surface area contributed by atoms with Gasteiger partial charge < -0.3 is 0 Å². The monoisotopic (exact) mass is 259 g/mol. The molecule has 1 nitrogen and oxygen atoms in total. The van der Waals surface area contributed by atoms with Gasteiger partial charge in [-0.2, -0.15) is 0 Å². The number of benzene rings is 1. The van der Waals surface area contributed by atoms with Crippen LogP contribution in [0.25, 0.3) is 10.9 Å². The van der Waals surface area contributed by atoms with Crippen molar-refractivity contribution >= 4 is 38.4 Å². The minimum absolute atomic E-state index is 0.112. The van der Waals surface area contributed by atoms with Gasteiger partial charge in [-0.3, -0.25) is 4.98 Å². The third-order valence-electron chi connectivity index (χ3n) is 1.73. The largest absolute Gasteiger partial charge is 0.256 e. The van der Waals surface area contributed by atoms with Crippen LogP contribution in [-0.2, 0) is 0 Å². The van der Waals surface area contributed by atoms with E-state index in [4.69, 9.17) is 11.6 Å². The summed E-state index contributed by atoms with van der Waals surface area (Å²) in [5, 5.41) is 0.926. The fourth-order valence-electron chi connectivity index (χ4n) is 1.11. The van der Waals surface area contributed by atoms with Crippen molar-refractivity contribution in [1.82, 2.24) is 4.98 Å². The molecule has 0 saturated carbocycles. The van der Waals surface area contributed by atoms with Gasteiger partial charge in [-0.25, -0.2) is 4.39 Å². The minimum Gasteiger partial charge on any atom is -0.256 e. The van der Waals surface area contributed by atoms with Crippen LogP contribution >= 0.6 is 27.5 Å². The molecule has 0 saturated heterocycles. The van der Waals surface area contributed by atoms with E-state index in [-0.39, 0.29) is 5.02 Å². The topological polar surface area (TPSA) is 12.9 Å². The zero-order chi connectivity index (χ0) is 9.42. The molecule has 0 atom stereocenters. The molecule has 4 heteroatoms.